The summed E-state index contributed by atoms with van der Waals surface area (Å²) in [6.07, 6.45) is -1.57. The third-order valence-electron chi connectivity index (χ3n) is 4.24. The zero-order valence-electron chi connectivity index (χ0n) is 14.6. The largest absolute Gasteiger partial charge is 0.416 e. The number of anilines is 2. The molecule has 0 radical (unpaired) electrons. The molecule has 10 heteroatoms. The Morgan fingerprint density at radius 1 is 0.966 bits per heavy atom. The fraction of sp³-hybridized carbons (Fsp3) is 0.105. The van der Waals surface area contributed by atoms with E-state index in [-0.39, 0.29) is 5.69 Å². The van der Waals surface area contributed by atoms with E-state index in [4.69, 9.17) is 23.2 Å². The topological polar surface area (TPSA) is 55.6 Å². The first-order chi connectivity index (χ1) is 13.8. The lowest BCUT2D eigenvalue weighted by Crippen LogP contribution is -2.10. The third-order valence-corrected chi connectivity index (χ3v) is 4.95. The smallest absolute Gasteiger partial charge is 0.338 e. The van der Waals surface area contributed by atoms with Gasteiger partial charge in [-0.25, -0.2) is 15.0 Å². The lowest BCUT2D eigenvalue weighted by molar-refractivity contribution is -0.137. The molecule has 0 saturated heterocycles. The normalized spacial score (nSPS) is 11.8. The molecule has 2 aliphatic rings. The van der Waals surface area contributed by atoms with Gasteiger partial charge in [0.15, 0.2) is 17.3 Å². The number of aromatic nitrogens is 4. The summed E-state index contributed by atoms with van der Waals surface area (Å²) in [5.74, 6) is 0.781. The molecule has 0 fully saturated rings. The first-order valence-corrected chi connectivity index (χ1v) is 9.11. The van der Waals surface area contributed by atoms with Crippen LogP contribution >= 0.6 is 23.2 Å². The number of fused-ring (bicyclic) bond motifs is 1. The van der Waals surface area contributed by atoms with Crippen molar-refractivity contribution in [2.45, 2.75) is 12.7 Å². The molecule has 148 valence electrons. The van der Waals surface area contributed by atoms with Gasteiger partial charge in [-0.1, -0.05) is 35.3 Å². The lowest BCUT2D eigenvalue weighted by Gasteiger charge is -2.16. The third kappa shape index (κ3) is 3.99. The number of nitrogens with zero attached hydrogens (tertiary/aromatic N) is 4. The van der Waals surface area contributed by atoms with Crippen molar-refractivity contribution in [3.8, 4) is 11.5 Å². The van der Waals surface area contributed by atoms with Crippen LogP contribution in [0, 0.1) is 0 Å². The van der Waals surface area contributed by atoms with E-state index >= 15 is 0 Å². The molecule has 2 heterocycles. The second-order valence-corrected chi connectivity index (χ2v) is 6.99. The zero-order chi connectivity index (χ0) is 20.6. The second kappa shape index (κ2) is 7.53. The van der Waals surface area contributed by atoms with Crippen LogP contribution in [0.2, 0.25) is 10.0 Å². The van der Waals surface area contributed by atoms with Crippen LogP contribution in [0.5, 0.6) is 0 Å². The van der Waals surface area contributed by atoms with Crippen LogP contribution in [0.4, 0.5) is 24.7 Å². The molecule has 2 aliphatic heterocycles. The SMILES string of the molecule is FC(F)(F)c1cccc(Nc2ncn(Cc3c(Cl)cccc3Cl)c3ncnc2-3)c1. The van der Waals surface area contributed by atoms with Crippen molar-refractivity contribution in [1.29, 1.82) is 0 Å². The maximum Gasteiger partial charge on any atom is 0.416 e. The highest BCUT2D eigenvalue weighted by atomic mass is 35.5. The van der Waals surface area contributed by atoms with Crippen LogP contribution in [0.1, 0.15) is 11.1 Å². The van der Waals surface area contributed by atoms with Crippen molar-refractivity contribution < 1.29 is 13.2 Å². The number of hydrogen-bond donors (Lipinski definition) is 1. The monoisotopic (exact) mass is 437 g/mol. The molecule has 2 aromatic carbocycles. The Morgan fingerprint density at radius 2 is 1.69 bits per heavy atom. The van der Waals surface area contributed by atoms with E-state index in [1.165, 1.54) is 24.8 Å². The number of imidazole rings is 1. The molecule has 0 aromatic heterocycles. The molecule has 4 rings (SSSR count). The van der Waals surface area contributed by atoms with Crippen molar-refractivity contribution in [1.82, 2.24) is 19.5 Å². The summed E-state index contributed by atoms with van der Waals surface area (Å²) in [5.41, 5.74) is 0.592. The van der Waals surface area contributed by atoms with E-state index < -0.39 is 11.7 Å². The summed E-state index contributed by atoms with van der Waals surface area (Å²) < 4.78 is 40.5. The predicted octanol–water partition coefficient (Wildman–Crippen LogP) is 5.90. The van der Waals surface area contributed by atoms with Gasteiger partial charge in [-0.2, -0.15) is 13.2 Å². The molecule has 0 saturated carbocycles. The first-order valence-electron chi connectivity index (χ1n) is 8.36. The van der Waals surface area contributed by atoms with Crippen molar-refractivity contribution in [3.05, 3.63) is 76.3 Å². The maximum absolute atomic E-state index is 12.9. The van der Waals surface area contributed by atoms with Crippen LogP contribution in [0.3, 0.4) is 0 Å². The first kappa shape index (κ1) is 19.5. The molecule has 2 aromatic rings. The van der Waals surface area contributed by atoms with Gasteiger partial charge in [0.2, 0.25) is 0 Å². The second-order valence-electron chi connectivity index (χ2n) is 6.17. The van der Waals surface area contributed by atoms with Gasteiger partial charge in [0.05, 0.1) is 18.4 Å². The van der Waals surface area contributed by atoms with Gasteiger partial charge in [-0.15, -0.1) is 0 Å². The summed E-state index contributed by atoms with van der Waals surface area (Å²) in [5, 5.41) is 3.89. The van der Waals surface area contributed by atoms with Gasteiger partial charge in [-0.05, 0) is 30.3 Å². The molecular weight excluding hydrogens is 426 g/mol. The quantitative estimate of drug-likeness (QED) is 0.432. The Bertz CT molecular complexity index is 1120. The van der Waals surface area contributed by atoms with Gasteiger partial charge in [0, 0.05) is 21.3 Å². The molecule has 5 nitrogen and oxygen atoms in total. The minimum absolute atomic E-state index is 0.239. The number of halogens is 5. The van der Waals surface area contributed by atoms with E-state index in [9.17, 15) is 13.2 Å². The number of hydrogen-bond acceptors (Lipinski definition) is 4. The average molecular weight is 438 g/mol. The molecule has 0 bridgehead atoms. The maximum atomic E-state index is 12.9. The fourth-order valence-corrected chi connectivity index (χ4v) is 3.37. The molecule has 0 aliphatic carbocycles. The number of nitrogens with one attached hydrogen (secondary N) is 1. The Hall–Kier alpha value is -2.84. The molecule has 29 heavy (non-hydrogen) atoms. The Morgan fingerprint density at radius 3 is 2.41 bits per heavy atom. The van der Waals surface area contributed by atoms with E-state index in [2.05, 4.69) is 20.3 Å². The van der Waals surface area contributed by atoms with Gasteiger partial charge in [0.25, 0.3) is 0 Å². The summed E-state index contributed by atoms with van der Waals surface area (Å²) in [4.78, 5) is 12.7. The summed E-state index contributed by atoms with van der Waals surface area (Å²) in [6.45, 7) is 0.310. The fourth-order valence-electron chi connectivity index (χ4n) is 2.85. The van der Waals surface area contributed by atoms with Gasteiger partial charge in [-0.3, -0.25) is 0 Å². The van der Waals surface area contributed by atoms with E-state index in [1.54, 1.807) is 22.8 Å². The van der Waals surface area contributed by atoms with Gasteiger partial charge >= 0.3 is 6.18 Å². The molecule has 0 atom stereocenters. The van der Waals surface area contributed by atoms with Crippen LogP contribution in [0.15, 0.2) is 55.1 Å². The molecular formula is C19H12Cl2F3N5. The van der Waals surface area contributed by atoms with Crippen LogP contribution in [0.25, 0.3) is 11.5 Å². The molecule has 0 unspecified atom stereocenters. The van der Waals surface area contributed by atoms with Crippen LogP contribution < -0.4 is 5.32 Å². The number of alkyl halides is 3. The Balaban J connectivity index is 1.67. The van der Waals surface area contributed by atoms with E-state index in [0.29, 0.717) is 39.5 Å². The standard InChI is InChI=1S/C19H12Cl2F3N5/c20-14-5-2-6-15(21)13(14)8-29-10-27-17(16-18(29)26-9-25-16)28-12-4-1-3-11(7-12)19(22,23)24/h1-7,9-10,28H,8H2. The summed E-state index contributed by atoms with van der Waals surface area (Å²) in [7, 11) is 0. The number of rotatable bonds is 4. The van der Waals surface area contributed by atoms with Crippen molar-refractivity contribution in [3.63, 3.8) is 0 Å². The average Bonchev–Trinajstić information content (AvgIpc) is 3.16. The number of benzene rings is 2. The Kier molecular flexibility index (Phi) is 5.06. The molecule has 0 amide bonds. The predicted molar refractivity (Wildman–Crippen MR) is 105 cm³/mol. The lowest BCUT2D eigenvalue weighted by atomic mass is 10.2. The van der Waals surface area contributed by atoms with Crippen molar-refractivity contribution in [2.24, 2.45) is 0 Å². The molecule has 1 N–H and O–H groups in total. The highest BCUT2D eigenvalue weighted by Crippen LogP contribution is 2.33. The Labute approximate surface area is 173 Å². The summed E-state index contributed by atoms with van der Waals surface area (Å²) in [6, 6.07) is 10.1. The highest BCUT2D eigenvalue weighted by molar-refractivity contribution is 6.36. The van der Waals surface area contributed by atoms with Crippen LogP contribution in [-0.4, -0.2) is 19.5 Å². The van der Waals surface area contributed by atoms with Gasteiger partial charge < -0.3 is 9.88 Å². The molecule has 0 spiro atoms. The van der Waals surface area contributed by atoms with E-state index in [1.807, 2.05) is 0 Å². The summed E-state index contributed by atoms with van der Waals surface area (Å²) >= 11 is 12.5. The van der Waals surface area contributed by atoms with Crippen molar-refractivity contribution >= 4 is 34.7 Å². The minimum Gasteiger partial charge on any atom is -0.338 e. The zero-order valence-corrected chi connectivity index (χ0v) is 16.1. The van der Waals surface area contributed by atoms with Crippen molar-refractivity contribution in [2.75, 3.05) is 5.32 Å². The van der Waals surface area contributed by atoms with Gasteiger partial charge in [0.1, 0.15) is 6.33 Å². The van der Waals surface area contributed by atoms with Crippen LogP contribution in [-0.2, 0) is 12.7 Å². The highest BCUT2D eigenvalue weighted by Gasteiger charge is 2.30. The van der Waals surface area contributed by atoms with E-state index in [0.717, 1.165) is 12.1 Å². The minimum atomic E-state index is -4.44.